The Kier molecular flexibility index (Phi) is 4.57. The Hall–Kier alpha value is -1.83. The van der Waals surface area contributed by atoms with Crippen LogP contribution in [0.3, 0.4) is 0 Å². The lowest BCUT2D eigenvalue weighted by molar-refractivity contribution is -0.174. The lowest BCUT2D eigenvalue weighted by Gasteiger charge is -2.30. The second kappa shape index (κ2) is 5.99. The Morgan fingerprint density at radius 1 is 1.22 bits per heavy atom. The van der Waals surface area contributed by atoms with Gasteiger partial charge in [-0.2, -0.15) is 13.2 Å². The molecule has 2 atom stereocenters. The number of rotatable bonds is 3. The zero-order chi connectivity index (χ0) is 17.4. The molecule has 0 unspecified atom stereocenters. The van der Waals surface area contributed by atoms with E-state index in [1.165, 1.54) is 38.1 Å². The Labute approximate surface area is 131 Å². The predicted molar refractivity (Wildman–Crippen MR) is 75.2 cm³/mol. The Morgan fingerprint density at radius 3 is 2.26 bits per heavy atom. The maximum absolute atomic E-state index is 12.9. The lowest BCUT2D eigenvalue weighted by Crippen LogP contribution is -2.48. The number of halogens is 4. The van der Waals surface area contributed by atoms with Gasteiger partial charge in [-0.3, -0.25) is 4.79 Å². The summed E-state index contributed by atoms with van der Waals surface area (Å²) in [5.41, 5.74) is 4.12. The summed E-state index contributed by atoms with van der Waals surface area (Å²) in [4.78, 5) is 13.5. The average Bonchev–Trinajstić information content (AvgIpc) is 2.82. The number of hydrogen-bond acceptors (Lipinski definition) is 3. The summed E-state index contributed by atoms with van der Waals surface area (Å²) < 4.78 is 56.9. The number of likely N-dealkylation sites (tertiary alicyclic amines) is 1. The van der Waals surface area contributed by atoms with Gasteiger partial charge in [0.1, 0.15) is 11.6 Å². The zero-order valence-corrected chi connectivity index (χ0v) is 12.7. The topological polar surface area (TPSA) is 55.6 Å². The highest BCUT2D eigenvalue weighted by molar-refractivity contribution is 5.85. The molecule has 1 saturated heterocycles. The van der Waals surface area contributed by atoms with E-state index in [1.54, 1.807) is 0 Å². The molecule has 1 amide bonds. The van der Waals surface area contributed by atoms with Crippen molar-refractivity contribution in [2.75, 3.05) is 13.1 Å². The van der Waals surface area contributed by atoms with Crippen molar-refractivity contribution in [3.63, 3.8) is 0 Å². The van der Waals surface area contributed by atoms with Crippen LogP contribution in [0.2, 0.25) is 0 Å². The van der Waals surface area contributed by atoms with Crippen molar-refractivity contribution in [2.45, 2.75) is 31.7 Å². The van der Waals surface area contributed by atoms with Crippen molar-refractivity contribution in [1.82, 2.24) is 4.90 Å². The Bertz CT molecular complexity index is 572. The van der Waals surface area contributed by atoms with Gasteiger partial charge in [0, 0.05) is 19.1 Å². The highest BCUT2D eigenvalue weighted by atomic mass is 19.4. The monoisotopic (exact) mass is 334 g/mol. The molecule has 0 aliphatic carbocycles. The van der Waals surface area contributed by atoms with Crippen molar-refractivity contribution >= 4 is 5.91 Å². The summed E-state index contributed by atoms with van der Waals surface area (Å²) in [5, 5.41) is 0. The first-order valence-corrected chi connectivity index (χ1v) is 7.07. The van der Waals surface area contributed by atoms with E-state index in [0.717, 1.165) is 4.90 Å². The van der Waals surface area contributed by atoms with E-state index < -0.39 is 42.0 Å². The van der Waals surface area contributed by atoms with Crippen molar-refractivity contribution in [3.8, 4) is 5.75 Å². The molecule has 1 fully saturated rings. The van der Waals surface area contributed by atoms with Crippen molar-refractivity contribution in [1.29, 1.82) is 0 Å². The van der Waals surface area contributed by atoms with E-state index >= 15 is 0 Å². The minimum Gasteiger partial charge on any atom is -0.478 e. The molecule has 1 aromatic carbocycles. The van der Waals surface area contributed by atoms with Gasteiger partial charge in [-0.1, -0.05) is 0 Å². The molecule has 2 N–H and O–H groups in total. The van der Waals surface area contributed by atoms with Gasteiger partial charge >= 0.3 is 6.18 Å². The molecule has 0 bridgehead atoms. The second-order valence-electron chi connectivity index (χ2n) is 6.09. The first-order chi connectivity index (χ1) is 10.5. The third-order valence-electron chi connectivity index (χ3n) is 3.77. The number of benzene rings is 1. The summed E-state index contributed by atoms with van der Waals surface area (Å²) >= 11 is 0. The van der Waals surface area contributed by atoms with Gasteiger partial charge in [0.2, 0.25) is 0 Å². The van der Waals surface area contributed by atoms with Crippen LogP contribution in [0.15, 0.2) is 24.3 Å². The predicted octanol–water partition coefficient (Wildman–Crippen LogP) is 2.33. The standard InChI is InChI=1S/C15H18F4N2O2/c1-14(2,23-10-5-3-9(16)4-6-10)13(22)21-7-11(12(20)8-21)15(17,18)19/h3-6,11-12H,7-8,20H2,1-2H3/t11-,12-/m1/s1. The van der Waals surface area contributed by atoms with E-state index in [4.69, 9.17) is 10.5 Å². The second-order valence-corrected chi connectivity index (χ2v) is 6.09. The highest BCUT2D eigenvalue weighted by Gasteiger charge is 2.51. The van der Waals surface area contributed by atoms with Gasteiger partial charge in [0.05, 0.1) is 5.92 Å². The highest BCUT2D eigenvalue weighted by Crippen LogP contribution is 2.34. The third kappa shape index (κ3) is 3.93. The van der Waals surface area contributed by atoms with Crippen LogP contribution in [0.25, 0.3) is 0 Å². The largest absolute Gasteiger partial charge is 0.478 e. The Morgan fingerprint density at radius 2 is 1.78 bits per heavy atom. The van der Waals surface area contributed by atoms with Crippen molar-refractivity contribution in [3.05, 3.63) is 30.1 Å². The van der Waals surface area contributed by atoms with Gasteiger partial charge < -0.3 is 15.4 Å². The summed E-state index contributed by atoms with van der Waals surface area (Å²) in [6.45, 7) is 2.23. The third-order valence-corrected chi connectivity index (χ3v) is 3.77. The molecule has 1 aliphatic rings. The zero-order valence-electron chi connectivity index (χ0n) is 12.7. The fraction of sp³-hybridized carbons (Fsp3) is 0.533. The van der Waals surface area contributed by atoms with E-state index in [9.17, 15) is 22.4 Å². The van der Waals surface area contributed by atoms with Crippen LogP contribution < -0.4 is 10.5 Å². The molecule has 0 aromatic heterocycles. The molecule has 2 rings (SSSR count). The van der Waals surface area contributed by atoms with E-state index in [2.05, 4.69) is 0 Å². The number of carbonyl (C=O) groups excluding carboxylic acids is 1. The molecule has 1 heterocycles. The van der Waals surface area contributed by atoms with Crippen LogP contribution in [0.4, 0.5) is 17.6 Å². The SMILES string of the molecule is CC(C)(Oc1ccc(F)cc1)C(=O)N1C[C@@H](N)[C@H](C(F)(F)F)C1. The van der Waals surface area contributed by atoms with Crippen LogP contribution in [-0.2, 0) is 4.79 Å². The van der Waals surface area contributed by atoms with E-state index in [0.29, 0.717) is 0 Å². The summed E-state index contributed by atoms with van der Waals surface area (Å²) in [6, 6.07) is 3.88. The fourth-order valence-corrected chi connectivity index (χ4v) is 2.56. The summed E-state index contributed by atoms with van der Waals surface area (Å²) in [5.74, 6) is -2.54. The molecule has 0 saturated carbocycles. The molecule has 0 radical (unpaired) electrons. The first-order valence-electron chi connectivity index (χ1n) is 7.07. The number of ether oxygens (including phenoxy) is 1. The van der Waals surface area contributed by atoms with Gasteiger partial charge in [-0.15, -0.1) is 0 Å². The Balaban J connectivity index is 2.08. The lowest BCUT2D eigenvalue weighted by atomic mass is 10.0. The fourth-order valence-electron chi connectivity index (χ4n) is 2.56. The molecule has 8 heteroatoms. The summed E-state index contributed by atoms with van der Waals surface area (Å²) in [6.07, 6.45) is -4.45. The van der Waals surface area contributed by atoms with Crippen molar-refractivity contribution < 1.29 is 27.1 Å². The molecule has 1 aromatic rings. The van der Waals surface area contributed by atoms with Crippen LogP contribution in [0.5, 0.6) is 5.75 Å². The molecule has 4 nitrogen and oxygen atoms in total. The molecule has 23 heavy (non-hydrogen) atoms. The van der Waals surface area contributed by atoms with Crippen LogP contribution in [0.1, 0.15) is 13.8 Å². The van der Waals surface area contributed by atoms with Crippen LogP contribution in [-0.4, -0.2) is 41.7 Å². The normalized spacial score (nSPS) is 22.3. The number of amides is 1. The van der Waals surface area contributed by atoms with E-state index in [1.807, 2.05) is 0 Å². The van der Waals surface area contributed by atoms with Gasteiger partial charge in [-0.05, 0) is 38.1 Å². The number of carbonyl (C=O) groups is 1. The van der Waals surface area contributed by atoms with Gasteiger partial charge in [-0.25, -0.2) is 4.39 Å². The average molecular weight is 334 g/mol. The number of alkyl halides is 3. The maximum Gasteiger partial charge on any atom is 0.395 e. The number of nitrogens with zero attached hydrogens (tertiary/aromatic N) is 1. The van der Waals surface area contributed by atoms with Crippen LogP contribution in [0, 0.1) is 11.7 Å². The molecule has 128 valence electrons. The molecular weight excluding hydrogens is 316 g/mol. The minimum atomic E-state index is -4.45. The molecule has 1 aliphatic heterocycles. The minimum absolute atomic E-state index is 0.181. The summed E-state index contributed by atoms with van der Waals surface area (Å²) in [7, 11) is 0. The van der Waals surface area contributed by atoms with Gasteiger partial charge in [0.15, 0.2) is 5.60 Å². The maximum atomic E-state index is 12.9. The molecule has 0 spiro atoms. The van der Waals surface area contributed by atoms with Crippen LogP contribution >= 0.6 is 0 Å². The van der Waals surface area contributed by atoms with Crippen molar-refractivity contribution in [2.24, 2.45) is 11.7 Å². The molecular formula is C15H18F4N2O2. The first kappa shape index (κ1) is 17.5. The smallest absolute Gasteiger partial charge is 0.395 e. The number of nitrogens with two attached hydrogens (primary N) is 1. The van der Waals surface area contributed by atoms with Gasteiger partial charge in [0.25, 0.3) is 5.91 Å². The number of hydrogen-bond donors (Lipinski definition) is 1. The van der Waals surface area contributed by atoms with E-state index in [-0.39, 0.29) is 12.3 Å². The quantitative estimate of drug-likeness (QED) is 0.863.